The van der Waals surface area contributed by atoms with E-state index in [-0.39, 0.29) is 0 Å². The second kappa shape index (κ2) is 2.40. The van der Waals surface area contributed by atoms with Crippen molar-refractivity contribution in [1.82, 2.24) is 0 Å². The molecule has 0 spiro atoms. The van der Waals surface area contributed by atoms with E-state index in [4.69, 9.17) is 0 Å². The van der Waals surface area contributed by atoms with Gasteiger partial charge in [0.2, 0.25) is 0 Å². The molecule has 0 fully saturated rings. The van der Waals surface area contributed by atoms with Crippen molar-refractivity contribution in [2.24, 2.45) is 0 Å². The van der Waals surface area contributed by atoms with E-state index in [0.717, 1.165) is 6.92 Å². The maximum Gasteiger partial charge on any atom is 0.267 e. The van der Waals surface area contributed by atoms with Gasteiger partial charge in [0.25, 0.3) is 5.92 Å². The lowest BCUT2D eigenvalue weighted by atomic mass is 10.5. The van der Waals surface area contributed by atoms with E-state index < -0.39 is 9.66 Å². The fraction of sp³-hybridized carbons (Fsp3) is 1.00. The molecule has 0 aromatic rings. The van der Waals surface area contributed by atoms with E-state index >= 15 is 0 Å². The van der Waals surface area contributed by atoms with Gasteiger partial charge in [-0.15, -0.1) is 0 Å². The molecule has 0 aliphatic heterocycles. The average Bonchev–Trinajstić information content (AvgIpc) is 1.31. The van der Waals surface area contributed by atoms with Gasteiger partial charge in [-0.3, -0.25) is 0 Å². The lowest BCUT2D eigenvalue weighted by molar-refractivity contribution is 0.0438. The van der Waals surface area contributed by atoms with E-state index in [9.17, 15) is 8.78 Å². The first-order valence-corrected chi connectivity index (χ1v) is 3.43. The molecule has 0 aliphatic rings. The minimum Gasteiger partial charge on any atom is -0.205 e. The summed E-state index contributed by atoms with van der Waals surface area (Å²) in [6.45, 7) is 0.834. The fourth-order valence-electron chi connectivity index (χ4n) is 0. The molecular formula is C3H4Br2F2. The third kappa shape index (κ3) is 3.41. The summed E-state index contributed by atoms with van der Waals surface area (Å²) in [4.78, 5) is 0. The Hall–Kier alpha value is 0.820. The summed E-state index contributed by atoms with van der Waals surface area (Å²) >= 11 is 5.32. The highest BCUT2D eigenvalue weighted by molar-refractivity contribution is 9.24. The molecule has 0 saturated heterocycles. The van der Waals surface area contributed by atoms with E-state index in [2.05, 4.69) is 31.9 Å². The molecule has 0 aromatic carbocycles. The fourth-order valence-corrected chi connectivity index (χ4v) is 0. The van der Waals surface area contributed by atoms with Gasteiger partial charge in [-0.05, 0) is 0 Å². The molecule has 0 heterocycles. The Kier molecular flexibility index (Phi) is 2.68. The molecule has 0 atom stereocenters. The van der Waals surface area contributed by atoms with Gasteiger partial charge in [-0.1, -0.05) is 31.9 Å². The van der Waals surface area contributed by atoms with Crippen LogP contribution in [0.4, 0.5) is 8.78 Å². The summed E-state index contributed by atoms with van der Waals surface area (Å²) in [6, 6.07) is 0. The van der Waals surface area contributed by atoms with Crippen LogP contribution in [-0.4, -0.2) is 9.66 Å². The molecule has 0 saturated carbocycles. The quantitative estimate of drug-likeness (QED) is 0.616. The third-order valence-electron chi connectivity index (χ3n) is 0.383. The lowest BCUT2D eigenvalue weighted by Crippen LogP contribution is -2.17. The molecule has 0 amide bonds. The Morgan fingerprint density at radius 3 is 1.57 bits per heavy atom. The van der Waals surface area contributed by atoms with Gasteiger partial charge in [-0.2, -0.15) is 0 Å². The van der Waals surface area contributed by atoms with Gasteiger partial charge in [0.1, 0.15) is 3.74 Å². The number of hydrogen-bond acceptors (Lipinski definition) is 0. The average molecular weight is 238 g/mol. The third-order valence-corrected chi connectivity index (χ3v) is 1.99. The minimum absolute atomic E-state index is 0.834. The van der Waals surface area contributed by atoms with Crippen LogP contribution in [0, 0.1) is 0 Å². The number of hydrogen-bond donors (Lipinski definition) is 0. The number of halogens is 4. The van der Waals surface area contributed by atoms with Gasteiger partial charge in [0.15, 0.2) is 0 Å². The van der Waals surface area contributed by atoms with Crippen LogP contribution in [0.5, 0.6) is 0 Å². The van der Waals surface area contributed by atoms with Crippen molar-refractivity contribution in [3.63, 3.8) is 0 Å². The van der Waals surface area contributed by atoms with E-state index in [1.54, 1.807) is 0 Å². The monoisotopic (exact) mass is 236 g/mol. The Morgan fingerprint density at radius 2 is 1.57 bits per heavy atom. The zero-order valence-corrected chi connectivity index (χ0v) is 6.76. The second-order valence-electron chi connectivity index (χ2n) is 1.26. The highest BCUT2D eigenvalue weighted by atomic mass is 79.9. The van der Waals surface area contributed by atoms with Crippen molar-refractivity contribution in [2.45, 2.75) is 16.6 Å². The van der Waals surface area contributed by atoms with Gasteiger partial charge in [-0.25, -0.2) is 8.78 Å². The Balaban J connectivity index is 3.54. The first-order valence-electron chi connectivity index (χ1n) is 1.60. The second-order valence-corrected chi connectivity index (χ2v) is 4.32. The maximum atomic E-state index is 11.8. The van der Waals surface area contributed by atoms with Crippen molar-refractivity contribution in [2.75, 3.05) is 0 Å². The van der Waals surface area contributed by atoms with Crippen molar-refractivity contribution >= 4 is 31.9 Å². The van der Waals surface area contributed by atoms with E-state index in [0.29, 0.717) is 0 Å². The Bertz CT molecular complexity index is 56.4. The Labute approximate surface area is 57.5 Å². The normalized spacial score (nSPS) is 12.9. The summed E-state index contributed by atoms with van der Waals surface area (Å²) in [5, 5.41) is 0. The first-order chi connectivity index (χ1) is 2.94. The zero-order valence-electron chi connectivity index (χ0n) is 3.59. The number of rotatable bonds is 1. The predicted molar refractivity (Wildman–Crippen MR) is 32.3 cm³/mol. The molecule has 0 radical (unpaired) electrons. The van der Waals surface area contributed by atoms with Crippen LogP contribution in [0.1, 0.15) is 6.92 Å². The lowest BCUT2D eigenvalue weighted by Gasteiger charge is -2.09. The molecule has 4 heteroatoms. The Morgan fingerprint density at radius 1 is 1.43 bits per heavy atom. The van der Waals surface area contributed by atoms with Crippen molar-refractivity contribution < 1.29 is 8.78 Å². The van der Waals surface area contributed by atoms with Gasteiger partial charge in [0, 0.05) is 6.92 Å². The maximum absolute atomic E-state index is 11.8. The SMILES string of the molecule is CC(F)(F)C(Br)Br. The van der Waals surface area contributed by atoms with Gasteiger partial charge in [0.05, 0.1) is 0 Å². The van der Waals surface area contributed by atoms with E-state index in [1.165, 1.54) is 0 Å². The van der Waals surface area contributed by atoms with Gasteiger partial charge < -0.3 is 0 Å². The highest BCUT2D eigenvalue weighted by Crippen LogP contribution is 2.28. The van der Waals surface area contributed by atoms with Crippen molar-refractivity contribution in [3.8, 4) is 0 Å². The highest BCUT2D eigenvalue weighted by Gasteiger charge is 2.28. The van der Waals surface area contributed by atoms with Crippen LogP contribution in [0.3, 0.4) is 0 Å². The van der Waals surface area contributed by atoms with Gasteiger partial charge >= 0.3 is 0 Å². The van der Waals surface area contributed by atoms with Crippen LogP contribution >= 0.6 is 31.9 Å². The molecular weight excluding hydrogens is 234 g/mol. The molecule has 0 unspecified atom stereocenters. The molecule has 44 valence electrons. The standard InChI is InChI=1S/C3H4Br2F2/c1-3(6,7)2(4)5/h2H,1H3. The van der Waals surface area contributed by atoms with Crippen LogP contribution in [-0.2, 0) is 0 Å². The van der Waals surface area contributed by atoms with Crippen LogP contribution < -0.4 is 0 Å². The van der Waals surface area contributed by atoms with Crippen molar-refractivity contribution in [1.29, 1.82) is 0 Å². The molecule has 0 aromatic heterocycles. The largest absolute Gasteiger partial charge is 0.267 e. The first kappa shape index (κ1) is 7.82. The molecule has 7 heavy (non-hydrogen) atoms. The summed E-state index contributed by atoms with van der Waals surface area (Å²) in [7, 11) is 0. The minimum atomic E-state index is -2.67. The topological polar surface area (TPSA) is 0 Å². The molecule has 0 aliphatic carbocycles. The molecule has 0 N–H and O–H groups in total. The predicted octanol–water partition coefficient (Wildman–Crippen LogP) is 2.76. The van der Waals surface area contributed by atoms with Crippen LogP contribution in [0.25, 0.3) is 0 Å². The summed E-state index contributed by atoms with van der Waals surface area (Å²) in [6.07, 6.45) is 0. The number of alkyl halides is 4. The summed E-state index contributed by atoms with van der Waals surface area (Å²) in [5.41, 5.74) is 0. The van der Waals surface area contributed by atoms with E-state index in [1.807, 2.05) is 0 Å². The smallest absolute Gasteiger partial charge is 0.205 e. The summed E-state index contributed by atoms with van der Waals surface area (Å²) in [5.74, 6) is -2.67. The molecule has 0 bridgehead atoms. The summed E-state index contributed by atoms with van der Waals surface area (Å²) < 4.78 is 22.6. The zero-order chi connectivity index (χ0) is 6.08. The van der Waals surface area contributed by atoms with Crippen LogP contribution in [0.2, 0.25) is 0 Å². The van der Waals surface area contributed by atoms with Crippen molar-refractivity contribution in [3.05, 3.63) is 0 Å². The van der Waals surface area contributed by atoms with Crippen LogP contribution in [0.15, 0.2) is 0 Å². The molecule has 0 rings (SSSR count). The molecule has 0 nitrogen and oxygen atoms in total.